The smallest absolute Gasteiger partial charge is 0.152 e. The molecule has 130 valence electrons. The van der Waals surface area contributed by atoms with E-state index in [4.69, 9.17) is 5.73 Å². The minimum absolute atomic E-state index is 0.305. The van der Waals surface area contributed by atoms with E-state index in [0.717, 1.165) is 34.0 Å². The molecule has 0 amide bonds. The maximum atomic E-state index is 11.5. The lowest BCUT2D eigenvalue weighted by Gasteiger charge is -2.40. The molecule has 2 fully saturated rings. The average Bonchev–Trinajstić information content (AvgIpc) is 2.82. The van der Waals surface area contributed by atoms with Crippen molar-refractivity contribution in [3.05, 3.63) is 16.1 Å². The summed E-state index contributed by atoms with van der Waals surface area (Å²) in [5.74, 6) is 1.78. The molecular weight excluding hydrogens is 441 g/mol. The Kier molecular flexibility index (Phi) is 4.20. The third kappa shape index (κ3) is 3.01. The van der Waals surface area contributed by atoms with Crippen LogP contribution in [0, 0.1) is 9.49 Å². The predicted molar refractivity (Wildman–Crippen MR) is 102 cm³/mol. The van der Waals surface area contributed by atoms with E-state index in [1.54, 1.807) is 0 Å². The fraction of sp³-hybridized carbons (Fsp3) is 0.600. The van der Waals surface area contributed by atoms with Crippen LogP contribution in [0.2, 0.25) is 0 Å². The highest BCUT2D eigenvalue weighted by molar-refractivity contribution is 14.1. The van der Waals surface area contributed by atoms with E-state index in [1.807, 2.05) is 0 Å². The van der Waals surface area contributed by atoms with Gasteiger partial charge in [0.1, 0.15) is 17.8 Å². The monoisotopic (exact) mass is 461 g/mol. The van der Waals surface area contributed by atoms with Gasteiger partial charge < -0.3 is 15.2 Å². The molecule has 0 atom stereocenters. The number of hydrogen-bond donors (Lipinski definition) is 1. The van der Waals surface area contributed by atoms with Gasteiger partial charge in [0.2, 0.25) is 0 Å². The lowest BCUT2D eigenvalue weighted by molar-refractivity contribution is 0.136. The fourth-order valence-corrected chi connectivity index (χ4v) is 5.81. The number of nitrogens with two attached hydrogens (primary N) is 1. The van der Waals surface area contributed by atoms with Gasteiger partial charge in [0.25, 0.3) is 0 Å². The molecule has 1 aliphatic carbocycles. The third-order valence-corrected chi connectivity index (χ3v) is 7.58. The number of sulfone groups is 1. The van der Waals surface area contributed by atoms with Gasteiger partial charge in [-0.25, -0.2) is 18.4 Å². The van der Waals surface area contributed by atoms with Gasteiger partial charge in [0.05, 0.1) is 16.9 Å². The standard InChI is InChI=1S/C15H20IN5O2S/c16-12-8-21(15-13(12)14(17)18-9-19-15)11-5-10(6-11)7-20-1-3-24(22,23)4-2-20/h8-11H,1-7H2,(H2,17,18,19). The Morgan fingerprint density at radius 3 is 2.67 bits per heavy atom. The molecule has 0 unspecified atom stereocenters. The highest BCUT2D eigenvalue weighted by atomic mass is 127. The Hall–Kier alpha value is -0.940. The molecule has 2 aromatic rings. The van der Waals surface area contributed by atoms with E-state index in [9.17, 15) is 8.42 Å². The molecule has 0 aromatic carbocycles. The third-order valence-electron chi connectivity index (χ3n) is 5.15. The molecule has 4 rings (SSSR count). The van der Waals surface area contributed by atoms with Crippen molar-refractivity contribution in [3.8, 4) is 0 Å². The van der Waals surface area contributed by atoms with Crippen molar-refractivity contribution in [2.45, 2.75) is 18.9 Å². The summed E-state index contributed by atoms with van der Waals surface area (Å²) in [7, 11) is -2.79. The van der Waals surface area contributed by atoms with Crippen molar-refractivity contribution < 1.29 is 8.42 Å². The van der Waals surface area contributed by atoms with Gasteiger partial charge in [-0.2, -0.15) is 0 Å². The molecule has 1 aliphatic heterocycles. The first-order valence-electron chi connectivity index (χ1n) is 8.12. The Labute approximate surface area is 154 Å². The number of rotatable bonds is 3. The van der Waals surface area contributed by atoms with Gasteiger partial charge in [-0.05, 0) is 41.4 Å². The lowest BCUT2D eigenvalue weighted by Crippen LogP contribution is -2.44. The second kappa shape index (κ2) is 6.10. The minimum Gasteiger partial charge on any atom is -0.383 e. The highest BCUT2D eigenvalue weighted by Gasteiger charge is 2.34. The molecular formula is C15H20IN5O2S. The summed E-state index contributed by atoms with van der Waals surface area (Å²) in [5.41, 5.74) is 6.89. The van der Waals surface area contributed by atoms with Crippen LogP contribution in [0.1, 0.15) is 18.9 Å². The zero-order chi connectivity index (χ0) is 16.9. The van der Waals surface area contributed by atoms with Crippen LogP contribution in [-0.2, 0) is 9.84 Å². The van der Waals surface area contributed by atoms with E-state index >= 15 is 0 Å². The van der Waals surface area contributed by atoms with Crippen LogP contribution in [0.15, 0.2) is 12.5 Å². The zero-order valence-corrected chi connectivity index (χ0v) is 16.2. The molecule has 3 heterocycles. The zero-order valence-electron chi connectivity index (χ0n) is 13.2. The maximum absolute atomic E-state index is 11.5. The van der Waals surface area contributed by atoms with E-state index in [2.05, 4.69) is 48.2 Å². The van der Waals surface area contributed by atoms with Crippen LogP contribution in [0.5, 0.6) is 0 Å². The van der Waals surface area contributed by atoms with E-state index in [0.29, 0.717) is 42.4 Å². The Morgan fingerprint density at radius 1 is 1.25 bits per heavy atom. The molecule has 7 nitrogen and oxygen atoms in total. The van der Waals surface area contributed by atoms with Crippen molar-refractivity contribution in [1.82, 2.24) is 19.4 Å². The second-order valence-electron chi connectivity index (χ2n) is 6.79. The number of nitrogen functional groups attached to an aromatic ring is 1. The van der Waals surface area contributed by atoms with Crippen molar-refractivity contribution >= 4 is 49.3 Å². The second-order valence-corrected chi connectivity index (χ2v) is 10.3. The molecule has 0 spiro atoms. The summed E-state index contributed by atoms with van der Waals surface area (Å²) in [6.45, 7) is 2.36. The van der Waals surface area contributed by atoms with Crippen molar-refractivity contribution in [2.24, 2.45) is 5.92 Å². The van der Waals surface area contributed by atoms with E-state index < -0.39 is 9.84 Å². The largest absolute Gasteiger partial charge is 0.383 e. The average molecular weight is 461 g/mol. The van der Waals surface area contributed by atoms with Gasteiger partial charge in [0.15, 0.2) is 9.84 Å². The van der Waals surface area contributed by atoms with Crippen molar-refractivity contribution in [1.29, 1.82) is 0 Å². The van der Waals surface area contributed by atoms with E-state index in [1.165, 1.54) is 6.33 Å². The van der Waals surface area contributed by atoms with Gasteiger partial charge in [-0.1, -0.05) is 0 Å². The summed E-state index contributed by atoms with van der Waals surface area (Å²) in [5, 5.41) is 0.947. The highest BCUT2D eigenvalue weighted by Crippen LogP contribution is 2.41. The van der Waals surface area contributed by atoms with Crippen LogP contribution >= 0.6 is 22.6 Å². The van der Waals surface area contributed by atoms with Gasteiger partial charge in [-0.15, -0.1) is 0 Å². The van der Waals surface area contributed by atoms with Gasteiger partial charge in [0, 0.05) is 35.4 Å². The predicted octanol–water partition coefficient (Wildman–Crippen LogP) is 1.30. The van der Waals surface area contributed by atoms with Crippen LogP contribution in [0.3, 0.4) is 0 Å². The summed E-state index contributed by atoms with van der Waals surface area (Å²) < 4.78 is 26.3. The molecule has 24 heavy (non-hydrogen) atoms. The van der Waals surface area contributed by atoms with Crippen molar-refractivity contribution in [2.75, 3.05) is 36.9 Å². The van der Waals surface area contributed by atoms with Crippen molar-refractivity contribution in [3.63, 3.8) is 0 Å². The number of nitrogens with zero attached hydrogens (tertiary/aromatic N) is 4. The van der Waals surface area contributed by atoms with Crippen LogP contribution in [0.4, 0.5) is 5.82 Å². The topological polar surface area (TPSA) is 94.1 Å². The first-order chi connectivity index (χ1) is 11.4. The van der Waals surface area contributed by atoms with Crippen LogP contribution in [0.25, 0.3) is 11.0 Å². The fourth-order valence-electron chi connectivity index (χ4n) is 3.72. The lowest BCUT2D eigenvalue weighted by atomic mass is 9.79. The summed E-state index contributed by atoms with van der Waals surface area (Å²) in [6.07, 6.45) is 5.85. The SMILES string of the molecule is Nc1ncnc2c1c(I)cn2C1CC(CN2CCS(=O)(=O)CC2)C1. The molecule has 1 saturated carbocycles. The minimum atomic E-state index is -2.79. The number of hydrogen-bond acceptors (Lipinski definition) is 6. The number of halogens is 1. The molecule has 2 aromatic heterocycles. The quantitative estimate of drug-likeness (QED) is 0.693. The van der Waals surface area contributed by atoms with Gasteiger partial charge in [-0.3, -0.25) is 0 Å². The number of anilines is 1. The Balaban J connectivity index is 1.41. The summed E-state index contributed by atoms with van der Waals surface area (Å²) in [4.78, 5) is 10.8. The maximum Gasteiger partial charge on any atom is 0.152 e. The molecule has 9 heteroatoms. The number of aromatic nitrogens is 3. The Bertz CT molecular complexity index is 861. The van der Waals surface area contributed by atoms with Gasteiger partial charge >= 0.3 is 0 Å². The molecule has 0 bridgehead atoms. The molecule has 2 N–H and O–H groups in total. The first kappa shape index (κ1) is 16.5. The summed E-state index contributed by atoms with van der Waals surface area (Å²) in [6, 6.07) is 0.448. The summed E-state index contributed by atoms with van der Waals surface area (Å²) >= 11 is 2.29. The molecule has 1 saturated heterocycles. The first-order valence-corrected chi connectivity index (χ1v) is 11.0. The van der Waals surface area contributed by atoms with Crippen LogP contribution in [-0.4, -0.2) is 59.0 Å². The van der Waals surface area contributed by atoms with E-state index in [-0.39, 0.29) is 0 Å². The normalized spacial score (nSPS) is 27.2. The van der Waals surface area contributed by atoms with Crippen LogP contribution < -0.4 is 5.73 Å². The molecule has 0 radical (unpaired) electrons. The Morgan fingerprint density at radius 2 is 1.96 bits per heavy atom. The molecule has 2 aliphatic rings. The number of fused-ring (bicyclic) bond motifs is 1.